The third-order valence-corrected chi connectivity index (χ3v) is 6.93. The minimum absolute atomic E-state index is 0.931. The first-order valence-corrected chi connectivity index (χ1v) is 12.8. The molecule has 0 unspecified atom stereocenters. The van der Waals surface area contributed by atoms with Gasteiger partial charge >= 0.3 is 0 Å². The van der Waals surface area contributed by atoms with Gasteiger partial charge in [-0.3, -0.25) is 0 Å². The summed E-state index contributed by atoms with van der Waals surface area (Å²) in [5.74, 6) is 0. The van der Waals surface area contributed by atoms with Gasteiger partial charge in [0.15, 0.2) is 8.32 Å². The molecule has 0 aliphatic heterocycles. The van der Waals surface area contributed by atoms with Gasteiger partial charge in [-0.2, -0.15) is 0 Å². The van der Waals surface area contributed by atoms with Crippen LogP contribution in [-0.2, 0) is 4.43 Å². The Bertz CT molecular complexity index is 248. The molecule has 0 heterocycles. The lowest BCUT2D eigenvalue weighted by molar-refractivity contribution is -0.870. The standard InChI is InChI=1S/C19H44NOSi/c1-7-8-9-10-11-12-13-14-15-16-19-22(5,6)21-18-17-20(2,3)4/h7-19H2,1-6H3/q+1. The summed E-state index contributed by atoms with van der Waals surface area (Å²) >= 11 is 0. The Kier molecular flexibility index (Phi) is 12.6. The predicted octanol–water partition coefficient (Wildman–Crippen LogP) is 5.84. The van der Waals surface area contributed by atoms with Gasteiger partial charge in [0, 0.05) is 0 Å². The van der Waals surface area contributed by atoms with Crippen LogP contribution < -0.4 is 0 Å². The maximum atomic E-state index is 6.21. The second-order valence-corrected chi connectivity index (χ2v) is 12.9. The van der Waals surface area contributed by atoms with E-state index in [0.717, 1.165) is 17.6 Å². The highest BCUT2D eigenvalue weighted by molar-refractivity contribution is 6.71. The third kappa shape index (κ3) is 16.5. The molecule has 0 saturated heterocycles. The van der Waals surface area contributed by atoms with Crippen LogP contribution in [0.15, 0.2) is 0 Å². The Labute approximate surface area is 142 Å². The highest BCUT2D eigenvalue weighted by Crippen LogP contribution is 2.18. The lowest BCUT2D eigenvalue weighted by atomic mass is 10.1. The number of unbranched alkanes of at least 4 members (excludes halogenated alkanes) is 9. The lowest BCUT2D eigenvalue weighted by Crippen LogP contribution is -2.40. The molecule has 0 aromatic carbocycles. The van der Waals surface area contributed by atoms with Gasteiger partial charge in [-0.05, 0) is 19.1 Å². The molecule has 0 atom stereocenters. The van der Waals surface area contributed by atoms with Gasteiger partial charge < -0.3 is 8.91 Å². The Morgan fingerprint density at radius 1 is 0.727 bits per heavy atom. The van der Waals surface area contributed by atoms with Gasteiger partial charge in [0.1, 0.15) is 6.54 Å². The first kappa shape index (κ1) is 22.1. The number of hydrogen-bond donors (Lipinski definition) is 0. The first-order valence-electron chi connectivity index (χ1n) is 9.71. The Hall–Kier alpha value is 0.137. The van der Waals surface area contributed by atoms with Gasteiger partial charge in [0.25, 0.3) is 0 Å². The summed E-state index contributed by atoms with van der Waals surface area (Å²) in [7, 11) is 5.31. The molecule has 0 saturated carbocycles. The molecule has 0 aromatic rings. The molecule has 0 N–H and O–H groups in total. The van der Waals surface area contributed by atoms with Gasteiger partial charge in [-0.25, -0.2) is 0 Å². The van der Waals surface area contributed by atoms with Crippen LogP contribution >= 0.6 is 0 Å². The van der Waals surface area contributed by atoms with Crippen LogP contribution in [0, 0.1) is 0 Å². The smallest absolute Gasteiger partial charge is 0.187 e. The van der Waals surface area contributed by atoms with Crippen molar-refractivity contribution in [2.45, 2.75) is 90.3 Å². The van der Waals surface area contributed by atoms with Gasteiger partial charge in [-0.15, -0.1) is 0 Å². The second kappa shape index (κ2) is 12.5. The number of likely N-dealkylation sites (N-methyl/N-ethyl adjacent to an activating group) is 1. The Balaban J connectivity index is 3.41. The zero-order valence-corrected chi connectivity index (χ0v) is 17.5. The van der Waals surface area contributed by atoms with Crippen molar-refractivity contribution >= 4 is 8.32 Å². The third-order valence-electron chi connectivity index (χ3n) is 4.39. The van der Waals surface area contributed by atoms with Crippen LogP contribution in [-0.4, -0.2) is 47.1 Å². The highest BCUT2D eigenvalue weighted by Gasteiger charge is 2.22. The molecular formula is C19H44NOSi+. The molecule has 0 spiro atoms. The average molecular weight is 331 g/mol. The number of nitrogens with zero attached hydrogens (tertiary/aromatic N) is 1. The summed E-state index contributed by atoms with van der Waals surface area (Å²) in [5, 5.41) is 0. The van der Waals surface area contributed by atoms with Crippen molar-refractivity contribution in [1.29, 1.82) is 0 Å². The summed E-state index contributed by atoms with van der Waals surface area (Å²) in [6.07, 6.45) is 14.2. The van der Waals surface area contributed by atoms with Crippen LogP contribution in [0.25, 0.3) is 0 Å². The maximum Gasteiger partial charge on any atom is 0.187 e. The molecule has 0 radical (unpaired) electrons. The fourth-order valence-electron chi connectivity index (χ4n) is 2.71. The highest BCUT2D eigenvalue weighted by atomic mass is 28.4. The number of quaternary nitrogens is 1. The molecule has 3 heteroatoms. The predicted molar refractivity (Wildman–Crippen MR) is 103 cm³/mol. The lowest BCUT2D eigenvalue weighted by Gasteiger charge is -2.28. The molecule has 0 aliphatic rings. The molecule has 0 fully saturated rings. The summed E-state index contributed by atoms with van der Waals surface area (Å²) < 4.78 is 7.21. The van der Waals surface area contributed by atoms with Crippen molar-refractivity contribution in [1.82, 2.24) is 0 Å². The number of rotatable bonds is 15. The van der Waals surface area contributed by atoms with E-state index in [-0.39, 0.29) is 0 Å². The monoisotopic (exact) mass is 330 g/mol. The van der Waals surface area contributed by atoms with E-state index in [1.807, 2.05) is 0 Å². The fourth-order valence-corrected chi connectivity index (χ4v) is 4.60. The fraction of sp³-hybridized carbons (Fsp3) is 1.00. The van der Waals surface area contributed by atoms with Crippen molar-refractivity contribution in [3.63, 3.8) is 0 Å². The van der Waals surface area contributed by atoms with Crippen LogP contribution in [0.3, 0.4) is 0 Å². The van der Waals surface area contributed by atoms with E-state index in [1.165, 1.54) is 70.3 Å². The van der Waals surface area contributed by atoms with Gasteiger partial charge in [0.2, 0.25) is 0 Å². The molecular weight excluding hydrogens is 286 g/mol. The van der Waals surface area contributed by atoms with Crippen molar-refractivity contribution in [3.05, 3.63) is 0 Å². The first-order chi connectivity index (χ1) is 10.3. The van der Waals surface area contributed by atoms with Crippen molar-refractivity contribution < 1.29 is 8.91 Å². The Morgan fingerprint density at radius 2 is 1.18 bits per heavy atom. The van der Waals surface area contributed by atoms with Crippen LogP contribution in [0.1, 0.15) is 71.1 Å². The number of hydrogen-bond acceptors (Lipinski definition) is 1. The molecule has 134 valence electrons. The maximum absolute atomic E-state index is 6.21. The molecule has 0 aliphatic carbocycles. The van der Waals surface area contributed by atoms with E-state index >= 15 is 0 Å². The molecule has 0 bridgehead atoms. The SMILES string of the molecule is CCCCCCCCCCCC[Si](C)(C)OCC[N+](C)(C)C. The average Bonchev–Trinajstić information content (AvgIpc) is 2.39. The van der Waals surface area contributed by atoms with E-state index in [4.69, 9.17) is 4.43 Å². The zero-order chi connectivity index (χ0) is 16.9. The summed E-state index contributed by atoms with van der Waals surface area (Å²) in [5.41, 5.74) is 0. The summed E-state index contributed by atoms with van der Waals surface area (Å²) in [4.78, 5) is 0. The van der Waals surface area contributed by atoms with E-state index in [2.05, 4.69) is 41.2 Å². The Morgan fingerprint density at radius 3 is 1.64 bits per heavy atom. The van der Waals surface area contributed by atoms with E-state index < -0.39 is 8.32 Å². The summed E-state index contributed by atoms with van der Waals surface area (Å²) in [6, 6.07) is 1.33. The second-order valence-electron chi connectivity index (χ2n) is 8.55. The van der Waals surface area contributed by atoms with E-state index in [9.17, 15) is 0 Å². The molecule has 0 aromatic heterocycles. The quantitative estimate of drug-likeness (QED) is 0.208. The van der Waals surface area contributed by atoms with Crippen molar-refractivity contribution in [2.75, 3.05) is 34.3 Å². The van der Waals surface area contributed by atoms with Crippen molar-refractivity contribution in [3.8, 4) is 0 Å². The topological polar surface area (TPSA) is 9.23 Å². The van der Waals surface area contributed by atoms with E-state index in [1.54, 1.807) is 0 Å². The summed E-state index contributed by atoms with van der Waals surface area (Å²) in [6.45, 7) is 9.11. The molecule has 2 nitrogen and oxygen atoms in total. The largest absolute Gasteiger partial charge is 0.412 e. The van der Waals surface area contributed by atoms with Gasteiger partial charge in [-0.1, -0.05) is 71.1 Å². The molecule has 22 heavy (non-hydrogen) atoms. The molecule has 0 amide bonds. The zero-order valence-electron chi connectivity index (χ0n) is 16.5. The normalized spacial score (nSPS) is 12.8. The van der Waals surface area contributed by atoms with Crippen LogP contribution in [0.4, 0.5) is 0 Å². The van der Waals surface area contributed by atoms with Crippen LogP contribution in [0.2, 0.25) is 19.1 Å². The van der Waals surface area contributed by atoms with Crippen molar-refractivity contribution in [2.24, 2.45) is 0 Å². The van der Waals surface area contributed by atoms with E-state index in [0.29, 0.717) is 0 Å². The van der Waals surface area contributed by atoms with Gasteiger partial charge in [0.05, 0.1) is 27.7 Å². The minimum Gasteiger partial charge on any atom is -0.412 e. The minimum atomic E-state index is -1.40. The molecule has 0 rings (SSSR count). The van der Waals surface area contributed by atoms with Crippen LogP contribution in [0.5, 0.6) is 0 Å².